The van der Waals surface area contributed by atoms with Crippen LogP contribution in [0.2, 0.25) is 10.0 Å². The third kappa shape index (κ3) is 9.68. The maximum absolute atomic E-state index is 14.0. The minimum Gasteiger partial charge on any atom is -0.490 e. The molecule has 0 heterocycles. The van der Waals surface area contributed by atoms with Gasteiger partial charge in [-0.3, -0.25) is 9.59 Å². The van der Waals surface area contributed by atoms with E-state index in [1.165, 1.54) is 0 Å². The van der Waals surface area contributed by atoms with Crippen LogP contribution >= 0.6 is 23.2 Å². The molecule has 220 valence electrons. The Morgan fingerprint density at radius 1 is 0.878 bits per heavy atom. The zero-order valence-electron chi connectivity index (χ0n) is 24.3. The number of ether oxygens (including phenoxy) is 2. The average Bonchev–Trinajstić information content (AvgIpc) is 2.96. The number of carbonyl (C=O) groups is 2. The molecule has 0 aliphatic heterocycles. The molecule has 0 spiro atoms. The predicted molar refractivity (Wildman–Crippen MR) is 166 cm³/mol. The average molecular weight is 600 g/mol. The Kier molecular flexibility index (Phi) is 12.8. The maximum Gasteiger partial charge on any atom is 0.243 e. The molecule has 0 bridgehead atoms. The third-order valence-corrected chi connectivity index (χ3v) is 7.45. The molecule has 41 heavy (non-hydrogen) atoms. The van der Waals surface area contributed by atoms with E-state index in [0.717, 1.165) is 23.1 Å². The Morgan fingerprint density at radius 3 is 2.24 bits per heavy atom. The van der Waals surface area contributed by atoms with Gasteiger partial charge in [0.2, 0.25) is 11.8 Å². The van der Waals surface area contributed by atoms with Crippen molar-refractivity contribution in [2.45, 2.75) is 72.0 Å². The Labute approximate surface area is 253 Å². The summed E-state index contributed by atoms with van der Waals surface area (Å²) < 4.78 is 11.5. The number of hydrogen-bond donors (Lipinski definition) is 1. The maximum atomic E-state index is 14.0. The second-order valence-corrected chi connectivity index (χ2v) is 10.8. The standard InChI is InChI=1S/C33H40Cl2N2O4/c1-5-23(4)36-33(39)29(19-24-11-9-8-10-12-24)37(22-26-15-16-27(34)21-28(26)35)32(38)18-14-25-13-17-30(40-6-2)31(20-25)41-7-3/h8-13,15-17,20-21,23,29H,5-7,14,18-19,22H2,1-4H3,(H,36,39). The van der Waals surface area contributed by atoms with Gasteiger partial charge in [-0.2, -0.15) is 0 Å². The fourth-order valence-electron chi connectivity index (χ4n) is 4.47. The van der Waals surface area contributed by atoms with Crippen LogP contribution in [0.25, 0.3) is 0 Å². The minimum atomic E-state index is -0.732. The van der Waals surface area contributed by atoms with Gasteiger partial charge in [0, 0.05) is 35.5 Å². The molecule has 2 amide bonds. The molecule has 8 heteroatoms. The molecule has 2 unspecified atom stereocenters. The van der Waals surface area contributed by atoms with Gasteiger partial charge >= 0.3 is 0 Å². The number of halogens is 2. The van der Waals surface area contributed by atoms with Crippen molar-refractivity contribution in [3.63, 3.8) is 0 Å². The lowest BCUT2D eigenvalue weighted by atomic mass is 10.0. The van der Waals surface area contributed by atoms with Gasteiger partial charge in [0.05, 0.1) is 13.2 Å². The SMILES string of the molecule is CCOc1ccc(CCC(=O)N(Cc2ccc(Cl)cc2Cl)C(Cc2ccccc2)C(=O)NC(C)CC)cc1OCC. The lowest BCUT2D eigenvalue weighted by Gasteiger charge is -2.32. The molecule has 0 aliphatic rings. The van der Waals surface area contributed by atoms with E-state index in [9.17, 15) is 9.59 Å². The van der Waals surface area contributed by atoms with Crippen LogP contribution in [0, 0.1) is 0 Å². The highest BCUT2D eigenvalue weighted by molar-refractivity contribution is 6.35. The molecule has 1 N–H and O–H groups in total. The van der Waals surface area contributed by atoms with E-state index in [1.807, 2.05) is 76.2 Å². The number of rotatable bonds is 15. The highest BCUT2D eigenvalue weighted by Gasteiger charge is 2.31. The van der Waals surface area contributed by atoms with Crippen LogP contribution in [0.1, 0.15) is 57.2 Å². The van der Waals surface area contributed by atoms with E-state index >= 15 is 0 Å². The van der Waals surface area contributed by atoms with Crippen LogP contribution in [-0.2, 0) is 29.0 Å². The van der Waals surface area contributed by atoms with Gasteiger partial charge in [-0.15, -0.1) is 0 Å². The molecule has 0 aromatic heterocycles. The van der Waals surface area contributed by atoms with E-state index in [2.05, 4.69) is 5.32 Å². The molecular weight excluding hydrogens is 559 g/mol. The van der Waals surface area contributed by atoms with Crippen LogP contribution in [-0.4, -0.2) is 42.0 Å². The Morgan fingerprint density at radius 2 is 1.59 bits per heavy atom. The van der Waals surface area contributed by atoms with Crippen LogP contribution in [0.4, 0.5) is 0 Å². The number of nitrogens with zero attached hydrogens (tertiary/aromatic N) is 1. The second kappa shape index (κ2) is 16.3. The summed E-state index contributed by atoms with van der Waals surface area (Å²) in [5.41, 5.74) is 2.63. The van der Waals surface area contributed by atoms with Gasteiger partial charge in [0.1, 0.15) is 6.04 Å². The van der Waals surface area contributed by atoms with Crippen LogP contribution in [0.3, 0.4) is 0 Å². The summed E-state index contributed by atoms with van der Waals surface area (Å²) in [4.78, 5) is 29.3. The number of amides is 2. The van der Waals surface area contributed by atoms with Crippen molar-refractivity contribution < 1.29 is 19.1 Å². The highest BCUT2D eigenvalue weighted by atomic mass is 35.5. The summed E-state index contributed by atoms with van der Waals surface area (Å²) in [5, 5.41) is 4.05. The molecular formula is C33H40Cl2N2O4. The molecule has 3 aromatic carbocycles. The van der Waals surface area contributed by atoms with Gasteiger partial charge in [-0.1, -0.05) is 72.6 Å². The Bertz CT molecular complexity index is 1290. The van der Waals surface area contributed by atoms with Crippen molar-refractivity contribution in [1.29, 1.82) is 0 Å². The summed E-state index contributed by atoms with van der Waals surface area (Å²) >= 11 is 12.7. The fraction of sp³-hybridized carbons (Fsp3) is 0.394. The van der Waals surface area contributed by atoms with Crippen molar-refractivity contribution in [2.24, 2.45) is 0 Å². The topological polar surface area (TPSA) is 67.9 Å². The highest BCUT2D eigenvalue weighted by Crippen LogP contribution is 2.30. The Hall–Kier alpha value is -3.22. The minimum absolute atomic E-state index is 0.0299. The number of benzene rings is 3. The summed E-state index contributed by atoms with van der Waals surface area (Å²) in [6.45, 7) is 9.03. The summed E-state index contributed by atoms with van der Waals surface area (Å²) in [6, 6.07) is 19.9. The first-order chi connectivity index (χ1) is 19.7. The lowest BCUT2D eigenvalue weighted by Crippen LogP contribution is -2.52. The Balaban J connectivity index is 1.94. The van der Waals surface area contributed by atoms with E-state index in [-0.39, 0.29) is 30.8 Å². The molecule has 0 fully saturated rings. The van der Waals surface area contributed by atoms with Gasteiger partial charge in [0.25, 0.3) is 0 Å². The van der Waals surface area contributed by atoms with E-state index in [4.69, 9.17) is 32.7 Å². The van der Waals surface area contributed by atoms with Crippen molar-refractivity contribution in [3.05, 3.63) is 93.5 Å². The van der Waals surface area contributed by atoms with Crippen LogP contribution < -0.4 is 14.8 Å². The first-order valence-electron chi connectivity index (χ1n) is 14.2. The quantitative estimate of drug-likeness (QED) is 0.199. The molecule has 3 aromatic rings. The summed E-state index contributed by atoms with van der Waals surface area (Å²) in [6.07, 6.45) is 1.83. The summed E-state index contributed by atoms with van der Waals surface area (Å²) in [5.74, 6) is 0.983. The van der Waals surface area contributed by atoms with E-state index < -0.39 is 6.04 Å². The zero-order chi connectivity index (χ0) is 29.8. The number of hydrogen-bond acceptors (Lipinski definition) is 4. The fourth-order valence-corrected chi connectivity index (χ4v) is 4.94. The van der Waals surface area contributed by atoms with Crippen molar-refractivity contribution >= 4 is 35.0 Å². The molecule has 2 atom stereocenters. The van der Waals surface area contributed by atoms with Gasteiger partial charge < -0.3 is 19.7 Å². The monoisotopic (exact) mass is 598 g/mol. The van der Waals surface area contributed by atoms with Gasteiger partial charge in [-0.05, 0) is 74.6 Å². The number of nitrogens with one attached hydrogen (secondary N) is 1. The largest absolute Gasteiger partial charge is 0.490 e. The van der Waals surface area contributed by atoms with Crippen LogP contribution in [0.5, 0.6) is 11.5 Å². The third-order valence-electron chi connectivity index (χ3n) is 6.86. The number of carbonyl (C=O) groups excluding carboxylic acids is 2. The summed E-state index contributed by atoms with van der Waals surface area (Å²) in [7, 11) is 0. The van der Waals surface area contributed by atoms with Crippen molar-refractivity contribution in [2.75, 3.05) is 13.2 Å². The smallest absolute Gasteiger partial charge is 0.243 e. The van der Waals surface area contributed by atoms with Crippen LogP contribution in [0.15, 0.2) is 66.7 Å². The normalized spacial score (nSPS) is 12.3. The van der Waals surface area contributed by atoms with Gasteiger partial charge in [-0.25, -0.2) is 0 Å². The first kappa shape index (κ1) is 32.3. The molecule has 3 rings (SSSR count). The molecule has 0 saturated heterocycles. The molecule has 0 aliphatic carbocycles. The molecule has 6 nitrogen and oxygen atoms in total. The lowest BCUT2D eigenvalue weighted by molar-refractivity contribution is -0.141. The predicted octanol–water partition coefficient (Wildman–Crippen LogP) is 7.28. The molecule has 0 saturated carbocycles. The van der Waals surface area contributed by atoms with Gasteiger partial charge in [0.15, 0.2) is 11.5 Å². The second-order valence-electron chi connectivity index (χ2n) is 9.93. The zero-order valence-corrected chi connectivity index (χ0v) is 25.8. The van der Waals surface area contributed by atoms with Crippen molar-refractivity contribution in [3.8, 4) is 11.5 Å². The first-order valence-corrected chi connectivity index (χ1v) is 15.0. The van der Waals surface area contributed by atoms with Crippen molar-refractivity contribution in [1.82, 2.24) is 10.2 Å². The van der Waals surface area contributed by atoms with E-state index in [1.54, 1.807) is 23.1 Å². The number of aryl methyl sites for hydroxylation is 1. The van der Waals surface area contributed by atoms with E-state index in [0.29, 0.717) is 47.6 Å². The molecule has 0 radical (unpaired) electrons.